The van der Waals surface area contributed by atoms with Crippen LogP contribution in [0.5, 0.6) is 0 Å². The average molecular weight is 215 g/mol. The minimum atomic E-state index is -0.510. The number of carbonyl (C=O) groups excluding carboxylic acids is 1. The van der Waals surface area contributed by atoms with Gasteiger partial charge >= 0.3 is 0 Å². The topological polar surface area (TPSA) is 60.4 Å². The van der Waals surface area contributed by atoms with E-state index in [9.17, 15) is 4.79 Å². The summed E-state index contributed by atoms with van der Waals surface area (Å²) >= 11 is 0. The number of amides is 1. The van der Waals surface area contributed by atoms with Crippen molar-refractivity contribution in [3.63, 3.8) is 0 Å². The van der Waals surface area contributed by atoms with Gasteiger partial charge < -0.3 is 5.73 Å². The number of carbonyl (C=O) groups is 1. The molecule has 2 heterocycles. The third-order valence-electron chi connectivity index (χ3n) is 2.50. The van der Waals surface area contributed by atoms with E-state index in [2.05, 4.69) is 11.6 Å². The van der Waals surface area contributed by atoms with Gasteiger partial charge in [-0.2, -0.15) is 0 Å². The first-order valence-corrected chi connectivity index (χ1v) is 4.96. The van der Waals surface area contributed by atoms with Gasteiger partial charge in [0.05, 0.1) is 5.52 Å². The molecule has 2 aromatic heterocycles. The number of nitrogens with zero attached hydrogens (tertiary/aromatic N) is 2. The van der Waals surface area contributed by atoms with Gasteiger partial charge in [-0.05, 0) is 31.6 Å². The summed E-state index contributed by atoms with van der Waals surface area (Å²) in [4.78, 5) is 15.4. The van der Waals surface area contributed by atoms with Gasteiger partial charge in [-0.1, -0.05) is 12.6 Å². The van der Waals surface area contributed by atoms with Gasteiger partial charge in [0.25, 0.3) is 5.91 Å². The molecule has 2 rings (SSSR count). The van der Waals surface area contributed by atoms with Crippen LogP contribution in [0, 0.1) is 6.92 Å². The standard InChI is InChI=1S/C12H13N3O/c1-7(2)9-5-4-6-10-11(12(13)16)14-8(3)15(9)10/h4-6H,1H2,2-3H3,(H2,13,16). The Morgan fingerprint density at radius 2 is 2.19 bits per heavy atom. The Kier molecular flexibility index (Phi) is 2.27. The molecule has 0 fully saturated rings. The SMILES string of the molecule is C=C(C)c1cccc2c(C(N)=O)nc(C)n12. The predicted molar refractivity (Wildman–Crippen MR) is 63.2 cm³/mol. The molecule has 2 N–H and O–H groups in total. The van der Waals surface area contributed by atoms with Crippen molar-refractivity contribution in [2.75, 3.05) is 0 Å². The lowest BCUT2D eigenvalue weighted by Crippen LogP contribution is -2.11. The number of aromatic nitrogens is 2. The minimum absolute atomic E-state index is 0.306. The molecule has 0 unspecified atom stereocenters. The van der Waals surface area contributed by atoms with E-state index in [0.29, 0.717) is 5.69 Å². The smallest absolute Gasteiger partial charge is 0.269 e. The normalized spacial score (nSPS) is 10.6. The molecule has 1 amide bonds. The highest BCUT2D eigenvalue weighted by atomic mass is 16.1. The zero-order valence-electron chi connectivity index (χ0n) is 9.32. The Morgan fingerprint density at radius 1 is 1.50 bits per heavy atom. The first kappa shape index (κ1) is 10.4. The van der Waals surface area contributed by atoms with Crippen LogP contribution in [0.2, 0.25) is 0 Å². The molecule has 0 saturated heterocycles. The summed E-state index contributed by atoms with van der Waals surface area (Å²) in [5.74, 6) is 0.229. The monoisotopic (exact) mass is 215 g/mol. The van der Waals surface area contributed by atoms with Gasteiger partial charge in [-0.3, -0.25) is 9.20 Å². The molecule has 0 radical (unpaired) electrons. The summed E-state index contributed by atoms with van der Waals surface area (Å²) in [6.07, 6.45) is 0. The van der Waals surface area contributed by atoms with Gasteiger partial charge in [0.1, 0.15) is 5.82 Å². The average Bonchev–Trinajstić information content (AvgIpc) is 2.56. The van der Waals surface area contributed by atoms with Gasteiger partial charge in [0.2, 0.25) is 0 Å². The molecule has 0 aliphatic carbocycles. The van der Waals surface area contributed by atoms with E-state index < -0.39 is 5.91 Å². The zero-order valence-corrected chi connectivity index (χ0v) is 9.32. The molecule has 0 spiro atoms. The van der Waals surface area contributed by atoms with Crippen LogP contribution < -0.4 is 5.73 Å². The van der Waals surface area contributed by atoms with Gasteiger partial charge in [0.15, 0.2) is 5.69 Å². The molecule has 0 aliphatic rings. The molecule has 0 bridgehead atoms. The Labute approximate surface area is 93.4 Å². The third kappa shape index (κ3) is 1.39. The highest BCUT2D eigenvalue weighted by Gasteiger charge is 2.14. The fraction of sp³-hybridized carbons (Fsp3) is 0.167. The molecule has 0 atom stereocenters. The van der Waals surface area contributed by atoms with E-state index in [1.165, 1.54) is 0 Å². The van der Waals surface area contributed by atoms with Crippen LogP contribution in [-0.4, -0.2) is 15.3 Å². The molecule has 4 nitrogen and oxygen atoms in total. The predicted octanol–water partition coefficient (Wildman–Crippen LogP) is 1.77. The second-order valence-electron chi connectivity index (χ2n) is 3.78. The van der Waals surface area contributed by atoms with Crippen molar-refractivity contribution >= 4 is 17.0 Å². The molecular formula is C12H13N3O. The van der Waals surface area contributed by atoms with Crippen molar-refractivity contribution in [1.82, 2.24) is 9.38 Å². The lowest BCUT2D eigenvalue weighted by molar-refractivity contribution is 0.0997. The number of rotatable bonds is 2. The summed E-state index contributed by atoms with van der Waals surface area (Å²) in [6, 6.07) is 5.63. The maximum Gasteiger partial charge on any atom is 0.269 e. The lowest BCUT2D eigenvalue weighted by Gasteiger charge is -2.05. The van der Waals surface area contributed by atoms with Crippen molar-refractivity contribution in [3.8, 4) is 0 Å². The second-order valence-corrected chi connectivity index (χ2v) is 3.78. The Bertz CT molecular complexity index is 596. The molecule has 16 heavy (non-hydrogen) atoms. The van der Waals surface area contributed by atoms with E-state index in [1.807, 2.05) is 36.4 Å². The van der Waals surface area contributed by atoms with Crippen molar-refractivity contribution < 1.29 is 4.79 Å². The summed E-state index contributed by atoms with van der Waals surface area (Å²) in [7, 11) is 0. The number of fused-ring (bicyclic) bond motifs is 1. The number of imidazole rings is 1. The molecule has 2 aromatic rings. The van der Waals surface area contributed by atoms with Crippen LogP contribution in [0.4, 0.5) is 0 Å². The number of primary amides is 1. The number of hydrogen-bond donors (Lipinski definition) is 1. The Balaban J connectivity index is 2.90. The first-order chi connectivity index (χ1) is 7.52. The minimum Gasteiger partial charge on any atom is -0.364 e. The van der Waals surface area contributed by atoms with Gasteiger partial charge in [0, 0.05) is 5.69 Å². The number of hydrogen-bond acceptors (Lipinski definition) is 2. The summed E-state index contributed by atoms with van der Waals surface area (Å²) in [5.41, 5.74) is 8.17. The molecule has 82 valence electrons. The van der Waals surface area contributed by atoms with E-state index in [4.69, 9.17) is 5.73 Å². The van der Waals surface area contributed by atoms with Crippen LogP contribution in [0.3, 0.4) is 0 Å². The highest BCUT2D eigenvalue weighted by molar-refractivity contribution is 5.98. The molecule has 0 aliphatic heterocycles. The first-order valence-electron chi connectivity index (χ1n) is 4.96. The zero-order chi connectivity index (χ0) is 11.9. The fourth-order valence-electron chi connectivity index (χ4n) is 1.83. The maximum atomic E-state index is 11.2. The van der Waals surface area contributed by atoms with Gasteiger partial charge in [-0.25, -0.2) is 4.98 Å². The van der Waals surface area contributed by atoms with Crippen LogP contribution in [0.1, 0.15) is 28.9 Å². The molecular weight excluding hydrogens is 202 g/mol. The lowest BCUT2D eigenvalue weighted by atomic mass is 10.2. The fourth-order valence-corrected chi connectivity index (χ4v) is 1.83. The van der Waals surface area contributed by atoms with Crippen LogP contribution in [0.25, 0.3) is 11.1 Å². The third-order valence-corrected chi connectivity index (χ3v) is 2.50. The van der Waals surface area contributed by atoms with Crippen molar-refractivity contribution in [2.24, 2.45) is 5.73 Å². The largest absolute Gasteiger partial charge is 0.364 e. The maximum absolute atomic E-state index is 11.2. The number of pyridine rings is 1. The second kappa shape index (κ2) is 3.48. The molecule has 0 aromatic carbocycles. The van der Waals surface area contributed by atoms with E-state index in [-0.39, 0.29) is 0 Å². The van der Waals surface area contributed by atoms with E-state index in [1.54, 1.807) is 0 Å². The quantitative estimate of drug-likeness (QED) is 0.830. The van der Waals surface area contributed by atoms with E-state index >= 15 is 0 Å². The number of nitrogens with two attached hydrogens (primary N) is 1. The molecule has 4 heteroatoms. The van der Waals surface area contributed by atoms with Crippen LogP contribution in [0.15, 0.2) is 24.8 Å². The Hall–Kier alpha value is -2.10. The summed E-state index contributed by atoms with van der Waals surface area (Å²) in [5, 5.41) is 0. The van der Waals surface area contributed by atoms with Crippen molar-refractivity contribution in [1.29, 1.82) is 0 Å². The summed E-state index contributed by atoms with van der Waals surface area (Å²) in [6.45, 7) is 7.66. The number of aryl methyl sites for hydroxylation is 1. The van der Waals surface area contributed by atoms with Crippen molar-refractivity contribution in [2.45, 2.75) is 13.8 Å². The highest BCUT2D eigenvalue weighted by Crippen LogP contribution is 2.19. The molecule has 0 saturated carbocycles. The Morgan fingerprint density at radius 3 is 2.75 bits per heavy atom. The van der Waals surface area contributed by atoms with Crippen molar-refractivity contribution in [3.05, 3.63) is 42.0 Å². The summed E-state index contributed by atoms with van der Waals surface area (Å²) < 4.78 is 1.89. The van der Waals surface area contributed by atoms with E-state index in [0.717, 1.165) is 22.6 Å². The van der Waals surface area contributed by atoms with Gasteiger partial charge in [-0.15, -0.1) is 0 Å². The number of allylic oxidation sites excluding steroid dienone is 1. The van der Waals surface area contributed by atoms with Crippen LogP contribution >= 0.6 is 0 Å². The van der Waals surface area contributed by atoms with Crippen LogP contribution in [-0.2, 0) is 0 Å².